The molecule has 1 atom stereocenters. The van der Waals surface area contributed by atoms with Crippen LogP contribution in [-0.2, 0) is 0 Å². The SMILES string of the molecule is CC(Nc1cccc(F)c1C#N)c1ccc(Br)s1. The van der Waals surface area contributed by atoms with Crippen LogP contribution in [0.25, 0.3) is 0 Å². The molecule has 1 N–H and O–H groups in total. The summed E-state index contributed by atoms with van der Waals surface area (Å²) >= 11 is 5.01. The lowest BCUT2D eigenvalue weighted by atomic mass is 10.1. The van der Waals surface area contributed by atoms with E-state index in [-0.39, 0.29) is 11.6 Å². The zero-order valence-corrected chi connectivity index (χ0v) is 12.0. The fourth-order valence-electron chi connectivity index (χ4n) is 1.62. The molecule has 0 saturated heterocycles. The van der Waals surface area contributed by atoms with E-state index in [2.05, 4.69) is 21.2 Å². The number of thiophene rings is 1. The highest BCUT2D eigenvalue weighted by Gasteiger charge is 2.12. The van der Waals surface area contributed by atoms with Crippen LogP contribution in [0.3, 0.4) is 0 Å². The second-order valence-electron chi connectivity index (χ2n) is 3.78. The largest absolute Gasteiger partial charge is 0.377 e. The third-order valence-electron chi connectivity index (χ3n) is 2.52. The maximum Gasteiger partial charge on any atom is 0.143 e. The second kappa shape index (κ2) is 5.51. The quantitative estimate of drug-likeness (QED) is 0.888. The van der Waals surface area contributed by atoms with Crippen LogP contribution in [-0.4, -0.2) is 0 Å². The van der Waals surface area contributed by atoms with Gasteiger partial charge in [0.2, 0.25) is 0 Å². The van der Waals surface area contributed by atoms with Gasteiger partial charge in [-0.15, -0.1) is 11.3 Å². The summed E-state index contributed by atoms with van der Waals surface area (Å²) in [6.07, 6.45) is 0. The van der Waals surface area contributed by atoms with Gasteiger partial charge in [-0.2, -0.15) is 5.26 Å². The number of halogens is 2. The van der Waals surface area contributed by atoms with Gasteiger partial charge in [-0.25, -0.2) is 4.39 Å². The summed E-state index contributed by atoms with van der Waals surface area (Å²) in [7, 11) is 0. The fourth-order valence-corrected chi connectivity index (χ4v) is 3.05. The molecule has 92 valence electrons. The van der Waals surface area contributed by atoms with Gasteiger partial charge in [0, 0.05) is 4.88 Å². The summed E-state index contributed by atoms with van der Waals surface area (Å²) in [6, 6.07) is 10.5. The molecule has 0 aliphatic heterocycles. The second-order valence-corrected chi connectivity index (χ2v) is 6.28. The third-order valence-corrected chi connectivity index (χ3v) is 4.32. The summed E-state index contributed by atoms with van der Waals surface area (Å²) in [5, 5.41) is 12.1. The monoisotopic (exact) mass is 324 g/mol. The first kappa shape index (κ1) is 13.1. The zero-order valence-electron chi connectivity index (χ0n) is 9.58. The summed E-state index contributed by atoms with van der Waals surface area (Å²) in [5.74, 6) is -0.498. The maximum absolute atomic E-state index is 13.4. The number of hydrogen-bond acceptors (Lipinski definition) is 3. The predicted molar refractivity (Wildman–Crippen MR) is 75.2 cm³/mol. The van der Waals surface area contributed by atoms with Crippen molar-refractivity contribution in [2.75, 3.05) is 5.32 Å². The normalized spacial score (nSPS) is 11.9. The van der Waals surface area contributed by atoms with Crippen molar-refractivity contribution in [3.8, 4) is 6.07 Å². The minimum atomic E-state index is -0.498. The molecule has 1 unspecified atom stereocenters. The number of hydrogen-bond donors (Lipinski definition) is 1. The van der Waals surface area contributed by atoms with Crippen LogP contribution >= 0.6 is 27.3 Å². The Bertz CT molecular complexity index is 603. The van der Waals surface area contributed by atoms with Crippen molar-refractivity contribution in [2.24, 2.45) is 0 Å². The molecule has 0 fully saturated rings. The van der Waals surface area contributed by atoms with Crippen LogP contribution in [0.5, 0.6) is 0 Å². The highest BCUT2D eigenvalue weighted by atomic mass is 79.9. The molecule has 1 heterocycles. The number of nitrogens with zero attached hydrogens (tertiary/aromatic N) is 1. The lowest BCUT2D eigenvalue weighted by Crippen LogP contribution is -2.07. The molecule has 2 rings (SSSR count). The van der Waals surface area contributed by atoms with Crippen molar-refractivity contribution in [3.63, 3.8) is 0 Å². The van der Waals surface area contributed by atoms with Gasteiger partial charge in [0.25, 0.3) is 0 Å². The van der Waals surface area contributed by atoms with Crippen molar-refractivity contribution in [1.82, 2.24) is 0 Å². The average molecular weight is 325 g/mol. The zero-order chi connectivity index (χ0) is 13.1. The molecule has 1 aromatic heterocycles. The van der Waals surface area contributed by atoms with Crippen LogP contribution < -0.4 is 5.32 Å². The molecule has 0 spiro atoms. The van der Waals surface area contributed by atoms with Crippen LogP contribution in [0, 0.1) is 17.1 Å². The minimum absolute atomic E-state index is 0.0233. The molecule has 0 aliphatic rings. The minimum Gasteiger partial charge on any atom is -0.377 e. The Kier molecular flexibility index (Phi) is 4.00. The van der Waals surface area contributed by atoms with E-state index in [1.54, 1.807) is 23.5 Å². The van der Waals surface area contributed by atoms with E-state index in [0.29, 0.717) is 5.69 Å². The van der Waals surface area contributed by atoms with Gasteiger partial charge in [0.1, 0.15) is 17.4 Å². The van der Waals surface area contributed by atoms with Crippen molar-refractivity contribution < 1.29 is 4.39 Å². The van der Waals surface area contributed by atoms with Crippen molar-refractivity contribution in [1.29, 1.82) is 5.26 Å². The average Bonchev–Trinajstić information content (AvgIpc) is 2.76. The molecule has 1 aromatic carbocycles. The summed E-state index contributed by atoms with van der Waals surface area (Å²) in [6.45, 7) is 1.98. The van der Waals surface area contributed by atoms with Gasteiger partial charge in [-0.3, -0.25) is 0 Å². The van der Waals surface area contributed by atoms with Crippen molar-refractivity contribution in [3.05, 3.63) is 50.4 Å². The number of nitriles is 1. The molecule has 0 saturated carbocycles. The lowest BCUT2D eigenvalue weighted by Gasteiger charge is -2.14. The molecular weight excluding hydrogens is 315 g/mol. The van der Waals surface area contributed by atoms with E-state index in [9.17, 15) is 4.39 Å². The first-order valence-corrected chi connectivity index (χ1v) is 6.93. The third kappa shape index (κ3) is 2.71. The Morgan fingerprint density at radius 2 is 2.17 bits per heavy atom. The van der Waals surface area contributed by atoms with E-state index in [4.69, 9.17) is 5.26 Å². The van der Waals surface area contributed by atoms with Crippen LogP contribution in [0.15, 0.2) is 34.1 Å². The highest BCUT2D eigenvalue weighted by Crippen LogP contribution is 2.30. The Morgan fingerprint density at radius 3 is 2.78 bits per heavy atom. The Hall–Kier alpha value is -1.38. The first-order chi connectivity index (χ1) is 8.61. The van der Waals surface area contributed by atoms with Crippen molar-refractivity contribution in [2.45, 2.75) is 13.0 Å². The van der Waals surface area contributed by atoms with Crippen LogP contribution in [0.1, 0.15) is 23.4 Å². The molecule has 0 amide bonds. The summed E-state index contributed by atoms with van der Waals surface area (Å²) in [5.41, 5.74) is 0.578. The Morgan fingerprint density at radius 1 is 1.39 bits per heavy atom. The molecule has 2 nitrogen and oxygen atoms in total. The molecule has 0 aliphatic carbocycles. The predicted octanol–water partition coefficient (Wildman–Crippen LogP) is 4.69. The van der Waals surface area contributed by atoms with Crippen molar-refractivity contribution >= 4 is 33.0 Å². The van der Waals surface area contributed by atoms with Gasteiger partial charge in [0.15, 0.2) is 0 Å². The summed E-state index contributed by atoms with van der Waals surface area (Å²) < 4.78 is 14.5. The van der Waals surface area contributed by atoms with Gasteiger partial charge < -0.3 is 5.32 Å². The number of rotatable bonds is 3. The van der Waals surface area contributed by atoms with Crippen LogP contribution in [0.4, 0.5) is 10.1 Å². The Labute approximate surface area is 117 Å². The smallest absolute Gasteiger partial charge is 0.143 e. The van der Waals surface area contributed by atoms with E-state index >= 15 is 0 Å². The topological polar surface area (TPSA) is 35.8 Å². The van der Waals surface area contributed by atoms with E-state index in [0.717, 1.165) is 8.66 Å². The summed E-state index contributed by atoms with van der Waals surface area (Å²) in [4.78, 5) is 1.12. The standard InChI is InChI=1S/C13H10BrFN2S/c1-8(12-5-6-13(14)18-12)17-11-4-2-3-10(15)9(11)7-16/h2-6,8,17H,1H3. The number of anilines is 1. The van der Waals surface area contributed by atoms with Crippen LogP contribution in [0.2, 0.25) is 0 Å². The highest BCUT2D eigenvalue weighted by molar-refractivity contribution is 9.11. The van der Waals surface area contributed by atoms with E-state index < -0.39 is 5.82 Å². The number of nitrogens with one attached hydrogen (secondary N) is 1. The van der Waals surface area contributed by atoms with E-state index in [1.807, 2.05) is 25.1 Å². The molecule has 5 heteroatoms. The molecule has 0 radical (unpaired) electrons. The van der Waals surface area contributed by atoms with Gasteiger partial charge in [-0.1, -0.05) is 6.07 Å². The molecule has 18 heavy (non-hydrogen) atoms. The Balaban J connectivity index is 2.25. The first-order valence-electron chi connectivity index (χ1n) is 5.32. The number of benzene rings is 1. The van der Waals surface area contributed by atoms with Gasteiger partial charge in [0.05, 0.1) is 15.5 Å². The molecular formula is C13H10BrFN2S. The van der Waals surface area contributed by atoms with E-state index in [1.165, 1.54) is 6.07 Å². The van der Waals surface area contributed by atoms with Gasteiger partial charge in [-0.05, 0) is 47.1 Å². The lowest BCUT2D eigenvalue weighted by molar-refractivity contribution is 0.624. The fraction of sp³-hybridized carbons (Fsp3) is 0.154. The maximum atomic E-state index is 13.4. The molecule has 0 bridgehead atoms. The molecule has 2 aromatic rings. The van der Waals surface area contributed by atoms with Gasteiger partial charge >= 0.3 is 0 Å².